The lowest BCUT2D eigenvalue weighted by Gasteiger charge is -2.24. The van der Waals surface area contributed by atoms with Crippen LogP contribution in [0.3, 0.4) is 0 Å². The van der Waals surface area contributed by atoms with Gasteiger partial charge in [-0.2, -0.15) is 5.10 Å². The maximum absolute atomic E-state index is 12.9. The van der Waals surface area contributed by atoms with E-state index in [1.54, 1.807) is 49.4 Å². The average Bonchev–Trinajstić information content (AvgIpc) is 3.68. The summed E-state index contributed by atoms with van der Waals surface area (Å²) in [5, 5.41) is 9.93. The van der Waals surface area contributed by atoms with E-state index in [2.05, 4.69) is 46.7 Å². The Morgan fingerprint density at radius 1 is 0.881 bits per heavy atom. The van der Waals surface area contributed by atoms with Gasteiger partial charge in [-0.25, -0.2) is 0 Å². The Labute approximate surface area is 244 Å². The van der Waals surface area contributed by atoms with Gasteiger partial charge in [0.15, 0.2) is 5.78 Å². The molecular weight excluding hydrogens is 522 g/mol. The van der Waals surface area contributed by atoms with Crippen molar-refractivity contribution in [1.29, 1.82) is 0 Å². The van der Waals surface area contributed by atoms with Crippen LogP contribution in [0, 0.1) is 6.92 Å². The van der Waals surface area contributed by atoms with Crippen molar-refractivity contribution in [3.63, 3.8) is 0 Å². The van der Waals surface area contributed by atoms with Gasteiger partial charge >= 0.3 is 0 Å². The number of carbonyl (C=O) groups is 2. The number of rotatable bonds is 8. The summed E-state index contributed by atoms with van der Waals surface area (Å²) >= 11 is 0. The summed E-state index contributed by atoms with van der Waals surface area (Å²) in [5.74, 6) is 0.0992. The zero-order valence-electron chi connectivity index (χ0n) is 23.1. The molecule has 0 bridgehead atoms. The summed E-state index contributed by atoms with van der Waals surface area (Å²) in [5.41, 5.74) is 6.75. The first-order valence-corrected chi connectivity index (χ1v) is 13.8. The fourth-order valence-corrected chi connectivity index (χ4v) is 5.06. The van der Waals surface area contributed by atoms with Crippen LogP contribution in [0.1, 0.15) is 55.6 Å². The molecule has 0 spiro atoms. The number of furan rings is 1. The fraction of sp³-hybridized carbons (Fsp3) is 0.0833. The predicted molar refractivity (Wildman–Crippen MR) is 167 cm³/mol. The fourth-order valence-electron chi connectivity index (χ4n) is 5.06. The number of carbonyl (C=O) groups excluding carboxylic acids is 2. The molecule has 206 valence electrons. The number of hydrogen-bond acceptors (Lipinski definition) is 5. The van der Waals surface area contributed by atoms with Crippen LogP contribution in [-0.4, -0.2) is 17.4 Å². The number of benzene rings is 4. The Morgan fingerprint density at radius 3 is 2.33 bits per heavy atom. The summed E-state index contributed by atoms with van der Waals surface area (Å²) in [6, 6.07) is 37.4. The Balaban J connectivity index is 1.17. The number of allylic oxidation sites excluding steroid dienone is 1. The summed E-state index contributed by atoms with van der Waals surface area (Å²) in [4.78, 5) is 25.5. The van der Waals surface area contributed by atoms with Gasteiger partial charge in [-0.3, -0.25) is 14.6 Å². The minimum Gasteiger partial charge on any atom is -0.469 e. The molecule has 42 heavy (non-hydrogen) atoms. The molecule has 1 unspecified atom stereocenters. The molecule has 1 amide bonds. The van der Waals surface area contributed by atoms with Crippen LogP contribution in [0.25, 0.3) is 6.08 Å². The lowest BCUT2D eigenvalue weighted by Crippen LogP contribution is -2.18. The normalized spacial score (nSPS) is 14.6. The number of nitrogens with one attached hydrogen (secondary N) is 1. The van der Waals surface area contributed by atoms with Gasteiger partial charge in [0, 0.05) is 17.7 Å². The van der Waals surface area contributed by atoms with Crippen molar-refractivity contribution in [2.24, 2.45) is 5.10 Å². The summed E-state index contributed by atoms with van der Waals surface area (Å²) < 4.78 is 5.21. The number of anilines is 2. The number of hydrazone groups is 1. The standard InChI is InChI=1S/C36H29N3O3/c1-25-32(21-22-42-25)36(41)37-30-14-8-13-29(23-30)35(40)20-17-26-15-18-31(19-16-26)39-34(28-11-6-3-7-12-28)24-33(38-39)27-9-4-2-5-10-27/h2-23,34H,24H2,1H3,(H,37,41)/b20-17+. The molecule has 1 aliphatic heterocycles. The minimum absolute atomic E-state index is 0.0922. The second kappa shape index (κ2) is 11.9. The van der Waals surface area contributed by atoms with E-state index in [0.29, 0.717) is 22.6 Å². The van der Waals surface area contributed by atoms with Gasteiger partial charge in [0.2, 0.25) is 0 Å². The summed E-state index contributed by atoms with van der Waals surface area (Å²) in [6.45, 7) is 1.73. The highest BCUT2D eigenvalue weighted by atomic mass is 16.3. The molecule has 6 heteroatoms. The summed E-state index contributed by atoms with van der Waals surface area (Å²) in [7, 11) is 0. The second-order valence-corrected chi connectivity index (χ2v) is 10.1. The monoisotopic (exact) mass is 551 g/mol. The third-order valence-corrected chi connectivity index (χ3v) is 7.29. The smallest absolute Gasteiger partial charge is 0.259 e. The molecular formula is C36H29N3O3. The lowest BCUT2D eigenvalue weighted by molar-refractivity contribution is 0.102. The average molecular weight is 552 g/mol. The Hall–Kier alpha value is -5.49. The molecule has 5 aromatic rings. The highest BCUT2D eigenvalue weighted by Crippen LogP contribution is 2.36. The van der Waals surface area contributed by atoms with Crippen molar-refractivity contribution in [2.45, 2.75) is 19.4 Å². The largest absolute Gasteiger partial charge is 0.469 e. The van der Waals surface area contributed by atoms with Gasteiger partial charge in [-0.1, -0.05) is 91.0 Å². The molecule has 1 N–H and O–H groups in total. The summed E-state index contributed by atoms with van der Waals surface area (Å²) in [6.07, 6.45) is 5.63. The molecule has 0 fully saturated rings. The van der Waals surface area contributed by atoms with Gasteiger partial charge in [0.05, 0.1) is 29.3 Å². The third kappa shape index (κ3) is 5.83. The number of ketones is 1. The SMILES string of the molecule is Cc1occc1C(=O)Nc1cccc(C(=O)/C=C/c2ccc(N3N=C(c4ccccc4)CC3c3ccccc3)cc2)c1. The third-order valence-electron chi connectivity index (χ3n) is 7.29. The highest BCUT2D eigenvalue weighted by molar-refractivity contribution is 6.09. The lowest BCUT2D eigenvalue weighted by atomic mass is 9.98. The van der Waals surface area contributed by atoms with Gasteiger partial charge in [0.1, 0.15) is 5.76 Å². The molecule has 6 rings (SSSR count). The van der Waals surface area contributed by atoms with Crippen LogP contribution in [-0.2, 0) is 0 Å². The van der Waals surface area contributed by atoms with Gasteiger partial charge in [-0.05, 0) is 60.0 Å². The van der Waals surface area contributed by atoms with Crippen molar-refractivity contribution in [3.05, 3.63) is 161 Å². The number of nitrogens with zero attached hydrogens (tertiary/aromatic N) is 2. The Morgan fingerprint density at radius 2 is 1.62 bits per heavy atom. The maximum Gasteiger partial charge on any atom is 0.259 e. The van der Waals surface area contributed by atoms with E-state index in [4.69, 9.17) is 9.52 Å². The Bertz CT molecular complexity index is 1770. The van der Waals surface area contributed by atoms with Crippen LogP contribution >= 0.6 is 0 Å². The number of hydrogen-bond donors (Lipinski definition) is 1. The molecule has 0 saturated heterocycles. The van der Waals surface area contributed by atoms with E-state index in [0.717, 1.165) is 28.9 Å². The first-order valence-electron chi connectivity index (χ1n) is 13.8. The first kappa shape index (κ1) is 26.7. The molecule has 1 atom stereocenters. The molecule has 0 radical (unpaired) electrons. The molecule has 1 aliphatic rings. The van der Waals surface area contributed by atoms with E-state index < -0.39 is 0 Å². The molecule has 0 saturated carbocycles. The van der Waals surface area contributed by atoms with Gasteiger partial charge in [-0.15, -0.1) is 0 Å². The van der Waals surface area contributed by atoms with Gasteiger partial charge in [0.25, 0.3) is 5.91 Å². The first-order chi connectivity index (χ1) is 20.5. The van der Waals surface area contributed by atoms with Crippen LogP contribution in [0.5, 0.6) is 0 Å². The zero-order valence-corrected chi connectivity index (χ0v) is 23.1. The van der Waals surface area contributed by atoms with E-state index in [9.17, 15) is 9.59 Å². The van der Waals surface area contributed by atoms with E-state index in [1.807, 2.05) is 48.5 Å². The molecule has 2 heterocycles. The van der Waals surface area contributed by atoms with Crippen molar-refractivity contribution in [2.75, 3.05) is 10.3 Å². The van der Waals surface area contributed by atoms with Crippen molar-refractivity contribution >= 4 is 34.9 Å². The van der Waals surface area contributed by atoms with Crippen molar-refractivity contribution < 1.29 is 14.0 Å². The van der Waals surface area contributed by atoms with Crippen LogP contribution in [0.15, 0.2) is 137 Å². The van der Waals surface area contributed by atoms with Gasteiger partial charge < -0.3 is 9.73 Å². The highest BCUT2D eigenvalue weighted by Gasteiger charge is 2.29. The minimum atomic E-state index is -0.283. The molecule has 4 aromatic carbocycles. The predicted octanol–water partition coefficient (Wildman–Crippen LogP) is 8.09. The number of amides is 1. The molecule has 0 aliphatic carbocycles. The molecule has 6 nitrogen and oxygen atoms in total. The molecule has 1 aromatic heterocycles. The van der Waals surface area contributed by atoms with Crippen molar-refractivity contribution in [3.8, 4) is 0 Å². The van der Waals surface area contributed by atoms with E-state index in [1.165, 1.54) is 11.8 Å². The van der Waals surface area contributed by atoms with Crippen molar-refractivity contribution in [1.82, 2.24) is 0 Å². The van der Waals surface area contributed by atoms with Crippen LogP contribution < -0.4 is 10.3 Å². The number of aryl methyl sites for hydroxylation is 1. The second-order valence-electron chi connectivity index (χ2n) is 10.1. The quantitative estimate of drug-likeness (QED) is 0.156. The maximum atomic E-state index is 12.9. The zero-order chi connectivity index (χ0) is 28.9. The van der Waals surface area contributed by atoms with E-state index >= 15 is 0 Å². The van der Waals surface area contributed by atoms with Crippen LogP contribution in [0.2, 0.25) is 0 Å². The Kier molecular flexibility index (Phi) is 7.60. The van der Waals surface area contributed by atoms with Crippen LogP contribution in [0.4, 0.5) is 11.4 Å². The van der Waals surface area contributed by atoms with E-state index in [-0.39, 0.29) is 17.7 Å². The topological polar surface area (TPSA) is 74.9 Å².